The minimum absolute atomic E-state index is 0.326. The summed E-state index contributed by atoms with van der Waals surface area (Å²) in [5.74, 6) is 1.68. The van der Waals surface area contributed by atoms with Crippen molar-refractivity contribution < 1.29 is 0 Å². The fourth-order valence-corrected chi connectivity index (χ4v) is 5.67. The highest BCUT2D eigenvalue weighted by Gasteiger charge is 2.53. The summed E-state index contributed by atoms with van der Waals surface area (Å²) in [5.41, 5.74) is 3.61. The fraction of sp³-hybridized carbons (Fsp3) is 0.714. The number of fused-ring (bicyclic) bond motifs is 1. The van der Waals surface area contributed by atoms with E-state index >= 15 is 0 Å². The van der Waals surface area contributed by atoms with Gasteiger partial charge in [0, 0.05) is 6.54 Å². The average molecular weight is 300 g/mol. The van der Waals surface area contributed by atoms with Gasteiger partial charge in [0.1, 0.15) is 0 Å². The molecule has 3 rings (SSSR count). The summed E-state index contributed by atoms with van der Waals surface area (Å²) in [5, 5.41) is 0. The van der Waals surface area contributed by atoms with Crippen molar-refractivity contribution >= 4 is 0 Å². The third-order valence-corrected chi connectivity index (χ3v) is 6.44. The summed E-state index contributed by atoms with van der Waals surface area (Å²) in [7, 11) is 0. The second-order valence-electron chi connectivity index (χ2n) is 7.37. The molecule has 0 aromatic heterocycles. The topological polar surface area (TPSA) is 3.24 Å². The van der Waals surface area contributed by atoms with Crippen molar-refractivity contribution in [1.82, 2.24) is 4.90 Å². The lowest BCUT2D eigenvalue weighted by Crippen LogP contribution is -2.51. The molecule has 1 fully saturated rings. The van der Waals surface area contributed by atoms with Crippen LogP contribution in [0.2, 0.25) is 0 Å². The number of benzene rings is 1. The molecule has 2 atom stereocenters. The quantitative estimate of drug-likeness (QED) is 0.648. The van der Waals surface area contributed by atoms with Gasteiger partial charge in [0.15, 0.2) is 0 Å². The van der Waals surface area contributed by atoms with Crippen molar-refractivity contribution in [2.75, 3.05) is 6.54 Å². The zero-order chi connectivity index (χ0) is 15.6. The molecule has 0 saturated heterocycles. The average Bonchev–Trinajstić information content (AvgIpc) is 3.18. The van der Waals surface area contributed by atoms with Gasteiger partial charge in [0.25, 0.3) is 0 Å². The first-order chi connectivity index (χ1) is 10.8. The van der Waals surface area contributed by atoms with Crippen molar-refractivity contribution in [3.05, 3.63) is 35.4 Å². The Morgan fingerprint density at radius 1 is 1.14 bits per heavy atom. The number of hydrogen-bond donors (Lipinski definition) is 0. The van der Waals surface area contributed by atoms with Crippen LogP contribution in [0.1, 0.15) is 76.8 Å². The smallest absolute Gasteiger partial charge is 0.0523 e. The Bertz CT molecular complexity index is 484. The maximum absolute atomic E-state index is 2.84. The molecule has 0 spiro atoms. The Morgan fingerprint density at radius 2 is 1.86 bits per heavy atom. The summed E-state index contributed by atoms with van der Waals surface area (Å²) in [6.45, 7) is 9.51. The van der Waals surface area contributed by atoms with E-state index in [1.807, 2.05) is 0 Å². The largest absolute Gasteiger partial charge is 0.289 e. The van der Waals surface area contributed by atoms with Gasteiger partial charge in [-0.3, -0.25) is 4.90 Å². The summed E-state index contributed by atoms with van der Waals surface area (Å²) in [6, 6.07) is 9.35. The van der Waals surface area contributed by atoms with Crippen molar-refractivity contribution in [1.29, 1.82) is 0 Å². The van der Waals surface area contributed by atoms with Crippen LogP contribution in [0.4, 0.5) is 0 Å². The van der Waals surface area contributed by atoms with Gasteiger partial charge in [-0.2, -0.15) is 0 Å². The van der Waals surface area contributed by atoms with Crippen LogP contribution in [0.3, 0.4) is 0 Å². The van der Waals surface area contributed by atoms with Crippen LogP contribution in [0.5, 0.6) is 0 Å². The van der Waals surface area contributed by atoms with Gasteiger partial charge in [0.05, 0.1) is 5.54 Å². The first-order valence-electron chi connectivity index (χ1n) is 9.62. The minimum Gasteiger partial charge on any atom is -0.289 e. The molecule has 1 saturated carbocycles. The van der Waals surface area contributed by atoms with Crippen LogP contribution in [0.15, 0.2) is 24.3 Å². The molecular formula is C21H33N. The molecule has 1 nitrogen and oxygen atoms in total. The van der Waals surface area contributed by atoms with Crippen LogP contribution in [-0.2, 0) is 12.1 Å². The summed E-state index contributed by atoms with van der Waals surface area (Å²) < 4.78 is 0. The zero-order valence-electron chi connectivity index (χ0n) is 14.8. The van der Waals surface area contributed by atoms with E-state index in [1.165, 1.54) is 58.0 Å². The minimum atomic E-state index is 0.326. The van der Waals surface area contributed by atoms with E-state index in [0.29, 0.717) is 5.54 Å². The highest BCUT2D eigenvalue weighted by atomic mass is 15.2. The Kier molecular flexibility index (Phi) is 4.92. The van der Waals surface area contributed by atoms with Gasteiger partial charge in [-0.25, -0.2) is 0 Å². The maximum Gasteiger partial charge on any atom is 0.0523 e. The van der Waals surface area contributed by atoms with Gasteiger partial charge in [-0.1, -0.05) is 70.7 Å². The third kappa shape index (κ3) is 2.33. The van der Waals surface area contributed by atoms with Gasteiger partial charge in [-0.15, -0.1) is 0 Å². The van der Waals surface area contributed by atoms with E-state index in [0.717, 1.165) is 11.8 Å². The van der Waals surface area contributed by atoms with E-state index in [2.05, 4.69) is 49.9 Å². The zero-order valence-corrected chi connectivity index (χ0v) is 14.8. The van der Waals surface area contributed by atoms with E-state index in [9.17, 15) is 0 Å². The lowest BCUT2D eigenvalue weighted by atomic mass is 9.66. The molecule has 2 unspecified atom stereocenters. The molecule has 22 heavy (non-hydrogen) atoms. The molecule has 1 aliphatic heterocycles. The van der Waals surface area contributed by atoms with Crippen LogP contribution >= 0.6 is 0 Å². The highest BCUT2D eigenvalue weighted by molar-refractivity contribution is 5.40. The van der Waals surface area contributed by atoms with Gasteiger partial charge in [0.2, 0.25) is 0 Å². The fourth-order valence-electron chi connectivity index (χ4n) is 5.67. The molecule has 1 aliphatic carbocycles. The standard InChI is InChI=1S/C21H33N/c1-4-11-18(5-2)21(19-13-8-9-14-19)20-15-10-7-12-17(20)16-22(21)6-3/h7,10,12,15,18-19H,4-6,8-9,11,13-14,16H2,1-3H3. The predicted molar refractivity (Wildman–Crippen MR) is 94.9 cm³/mol. The lowest BCUT2D eigenvalue weighted by Gasteiger charge is -2.49. The molecule has 1 aromatic carbocycles. The molecule has 0 amide bonds. The Morgan fingerprint density at radius 3 is 2.50 bits per heavy atom. The molecule has 0 N–H and O–H groups in total. The normalized spacial score (nSPS) is 27.2. The second kappa shape index (κ2) is 6.74. The highest BCUT2D eigenvalue weighted by Crippen LogP contribution is 2.55. The number of rotatable bonds is 6. The van der Waals surface area contributed by atoms with Crippen LogP contribution in [0.25, 0.3) is 0 Å². The lowest BCUT2D eigenvalue weighted by molar-refractivity contribution is -0.0144. The van der Waals surface area contributed by atoms with E-state index in [1.54, 1.807) is 11.1 Å². The Labute approximate surface area is 137 Å². The summed E-state index contributed by atoms with van der Waals surface area (Å²) in [4.78, 5) is 2.84. The van der Waals surface area contributed by atoms with Crippen LogP contribution in [-0.4, -0.2) is 11.4 Å². The molecule has 1 heteroatoms. The van der Waals surface area contributed by atoms with Gasteiger partial charge in [-0.05, 0) is 48.8 Å². The number of nitrogens with zero attached hydrogens (tertiary/aromatic N) is 1. The second-order valence-corrected chi connectivity index (χ2v) is 7.37. The molecular weight excluding hydrogens is 266 g/mol. The van der Waals surface area contributed by atoms with Crippen LogP contribution < -0.4 is 0 Å². The third-order valence-electron chi connectivity index (χ3n) is 6.44. The summed E-state index contributed by atoms with van der Waals surface area (Å²) in [6.07, 6.45) is 9.75. The van der Waals surface area contributed by atoms with E-state index < -0.39 is 0 Å². The number of hydrogen-bond acceptors (Lipinski definition) is 1. The molecule has 0 bridgehead atoms. The molecule has 1 aromatic rings. The van der Waals surface area contributed by atoms with E-state index in [4.69, 9.17) is 0 Å². The van der Waals surface area contributed by atoms with Crippen molar-refractivity contribution in [3.8, 4) is 0 Å². The predicted octanol–water partition coefficient (Wildman–Crippen LogP) is 5.73. The Hall–Kier alpha value is -0.820. The van der Waals surface area contributed by atoms with E-state index in [-0.39, 0.29) is 0 Å². The maximum atomic E-state index is 2.84. The van der Waals surface area contributed by atoms with Crippen LogP contribution in [0, 0.1) is 11.8 Å². The first-order valence-corrected chi connectivity index (χ1v) is 9.62. The molecule has 2 aliphatic rings. The summed E-state index contributed by atoms with van der Waals surface area (Å²) >= 11 is 0. The van der Waals surface area contributed by atoms with Crippen molar-refractivity contribution in [2.45, 2.75) is 77.8 Å². The van der Waals surface area contributed by atoms with Crippen molar-refractivity contribution in [2.24, 2.45) is 11.8 Å². The Balaban J connectivity index is 2.14. The SMILES string of the molecule is CCCC(CC)C1(C2CCCC2)c2ccccc2CN1CC. The monoisotopic (exact) mass is 299 g/mol. The molecule has 1 heterocycles. The van der Waals surface area contributed by atoms with Crippen molar-refractivity contribution in [3.63, 3.8) is 0 Å². The molecule has 122 valence electrons. The van der Waals surface area contributed by atoms with Gasteiger partial charge < -0.3 is 0 Å². The first kappa shape index (κ1) is 16.1. The van der Waals surface area contributed by atoms with Gasteiger partial charge >= 0.3 is 0 Å². The molecule has 0 radical (unpaired) electrons.